The molecule has 0 atom stereocenters. The number of methoxy groups -OCH3 is 1. The van der Waals surface area contributed by atoms with E-state index in [0.29, 0.717) is 17.1 Å². The van der Waals surface area contributed by atoms with Crippen LogP contribution >= 0.6 is 22.6 Å². The van der Waals surface area contributed by atoms with E-state index in [2.05, 4.69) is 22.6 Å². The largest absolute Gasteiger partial charge is 0.493 e. The van der Waals surface area contributed by atoms with Gasteiger partial charge in [0, 0.05) is 12.1 Å². The summed E-state index contributed by atoms with van der Waals surface area (Å²) in [5, 5.41) is 20.0. The Labute approximate surface area is 141 Å². The molecule has 0 aromatic heterocycles. The molecule has 0 aliphatic heterocycles. The van der Waals surface area contributed by atoms with Crippen LogP contribution in [0.4, 0.5) is 5.69 Å². The molecule has 0 bridgehead atoms. The van der Waals surface area contributed by atoms with Crippen molar-refractivity contribution in [2.24, 2.45) is 0 Å². The first kappa shape index (κ1) is 16.5. The van der Waals surface area contributed by atoms with Gasteiger partial charge in [0.05, 0.1) is 22.2 Å². The summed E-state index contributed by atoms with van der Waals surface area (Å²) < 4.78 is 11.8. The summed E-state index contributed by atoms with van der Waals surface area (Å²) in [7, 11) is 1.52. The molecule has 6 nitrogen and oxygen atoms in total. The van der Waals surface area contributed by atoms with Crippen LogP contribution in [0.15, 0.2) is 36.4 Å². The highest BCUT2D eigenvalue weighted by atomic mass is 127. The van der Waals surface area contributed by atoms with E-state index in [1.165, 1.54) is 19.2 Å². The monoisotopic (exact) mass is 415 g/mol. The van der Waals surface area contributed by atoms with Crippen molar-refractivity contribution in [2.45, 2.75) is 13.2 Å². The van der Waals surface area contributed by atoms with E-state index < -0.39 is 4.92 Å². The van der Waals surface area contributed by atoms with Crippen LogP contribution in [0.3, 0.4) is 0 Å². The molecule has 0 aliphatic rings. The number of nitrogens with zero attached hydrogens (tertiary/aromatic N) is 1. The number of nitro groups is 1. The fourth-order valence-electron chi connectivity index (χ4n) is 1.92. The third-order valence-corrected chi connectivity index (χ3v) is 3.78. The number of hydrogen-bond donors (Lipinski definition) is 1. The van der Waals surface area contributed by atoms with Crippen LogP contribution in [-0.4, -0.2) is 17.1 Å². The first-order chi connectivity index (χ1) is 10.5. The molecule has 0 saturated heterocycles. The number of rotatable bonds is 6. The van der Waals surface area contributed by atoms with Crippen molar-refractivity contribution in [3.63, 3.8) is 0 Å². The average molecular weight is 415 g/mol. The summed E-state index contributed by atoms with van der Waals surface area (Å²) in [6.07, 6.45) is 0. The zero-order valence-electron chi connectivity index (χ0n) is 11.8. The highest BCUT2D eigenvalue weighted by Gasteiger charge is 2.12. The van der Waals surface area contributed by atoms with Crippen LogP contribution in [0.2, 0.25) is 0 Å². The SMILES string of the molecule is COc1cc(CO)cc(I)c1OCc1cccc([N+](=O)[O-])c1. The van der Waals surface area contributed by atoms with E-state index in [0.717, 1.165) is 9.13 Å². The van der Waals surface area contributed by atoms with Gasteiger partial charge in [-0.15, -0.1) is 0 Å². The predicted octanol–water partition coefficient (Wildman–Crippen LogP) is 3.28. The van der Waals surface area contributed by atoms with Crippen LogP contribution in [0.25, 0.3) is 0 Å². The topological polar surface area (TPSA) is 81.8 Å². The van der Waals surface area contributed by atoms with Gasteiger partial charge in [-0.2, -0.15) is 0 Å². The molecule has 0 radical (unpaired) electrons. The molecule has 0 amide bonds. The van der Waals surface area contributed by atoms with E-state index in [4.69, 9.17) is 9.47 Å². The van der Waals surface area contributed by atoms with Gasteiger partial charge in [-0.25, -0.2) is 0 Å². The molecule has 0 heterocycles. The fourth-order valence-corrected chi connectivity index (χ4v) is 2.74. The van der Waals surface area contributed by atoms with Crippen LogP contribution < -0.4 is 9.47 Å². The van der Waals surface area contributed by atoms with Crippen molar-refractivity contribution < 1.29 is 19.5 Å². The molecule has 7 heteroatoms. The van der Waals surface area contributed by atoms with Crippen LogP contribution in [0, 0.1) is 13.7 Å². The van der Waals surface area contributed by atoms with E-state index in [1.54, 1.807) is 24.3 Å². The molecular weight excluding hydrogens is 401 g/mol. The van der Waals surface area contributed by atoms with Gasteiger partial charge in [-0.1, -0.05) is 12.1 Å². The molecule has 2 aromatic carbocycles. The minimum atomic E-state index is -0.441. The number of aliphatic hydroxyl groups excluding tert-OH is 1. The lowest BCUT2D eigenvalue weighted by atomic mass is 10.2. The first-order valence-electron chi connectivity index (χ1n) is 6.38. The van der Waals surface area contributed by atoms with Crippen molar-refractivity contribution in [3.05, 3.63) is 61.2 Å². The first-order valence-corrected chi connectivity index (χ1v) is 7.46. The van der Waals surface area contributed by atoms with Gasteiger partial charge >= 0.3 is 0 Å². The highest BCUT2D eigenvalue weighted by molar-refractivity contribution is 14.1. The van der Waals surface area contributed by atoms with Crippen LogP contribution in [-0.2, 0) is 13.2 Å². The van der Waals surface area contributed by atoms with E-state index in [-0.39, 0.29) is 18.9 Å². The van der Waals surface area contributed by atoms with Crippen LogP contribution in [0.5, 0.6) is 11.5 Å². The van der Waals surface area contributed by atoms with E-state index in [1.807, 2.05) is 0 Å². The van der Waals surface area contributed by atoms with Crippen LogP contribution in [0.1, 0.15) is 11.1 Å². The lowest BCUT2D eigenvalue weighted by Gasteiger charge is -2.14. The van der Waals surface area contributed by atoms with E-state index in [9.17, 15) is 15.2 Å². The standard InChI is InChI=1S/C15H14INO5/c1-21-14-7-11(8-18)6-13(16)15(14)22-9-10-3-2-4-12(5-10)17(19)20/h2-7,18H,8-9H2,1H3. The highest BCUT2D eigenvalue weighted by Crippen LogP contribution is 2.34. The summed E-state index contributed by atoms with van der Waals surface area (Å²) in [5.41, 5.74) is 1.45. The van der Waals surface area contributed by atoms with Gasteiger partial charge in [0.2, 0.25) is 0 Å². The average Bonchev–Trinajstić information content (AvgIpc) is 2.53. The molecule has 0 aliphatic carbocycles. The Kier molecular flexibility index (Phi) is 5.56. The summed E-state index contributed by atoms with van der Waals surface area (Å²) in [5.74, 6) is 1.06. The van der Waals surface area contributed by atoms with Crippen molar-refractivity contribution in [3.8, 4) is 11.5 Å². The number of non-ortho nitro benzene ring substituents is 1. The van der Waals surface area contributed by atoms with Gasteiger partial charge in [-0.05, 0) is 45.9 Å². The molecule has 22 heavy (non-hydrogen) atoms. The van der Waals surface area contributed by atoms with Crippen molar-refractivity contribution >= 4 is 28.3 Å². The second-order valence-electron chi connectivity index (χ2n) is 4.48. The summed E-state index contributed by atoms with van der Waals surface area (Å²) in [6, 6.07) is 9.78. The maximum absolute atomic E-state index is 10.8. The number of ether oxygens (including phenoxy) is 2. The fraction of sp³-hybridized carbons (Fsp3) is 0.200. The molecule has 0 unspecified atom stereocenters. The quantitative estimate of drug-likeness (QED) is 0.445. The minimum Gasteiger partial charge on any atom is -0.493 e. The van der Waals surface area contributed by atoms with Gasteiger partial charge in [0.25, 0.3) is 5.69 Å². The number of hydrogen-bond acceptors (Lipinski definition) is 5. The number of aliphatic hydroxyl groups is 1. The Bertz CT molecular complexity index is 690. The van der Waals surface area contributed by atoms with Crippen molar-refractivity contribution in [1.82, 2.24) is 0 Å². The zero-order valence-corrected chi connectivity index (χ0v) is 13.9. The second kappa shape index (κ2) is 7.41. The Morgan fingerprint density at radius 2 is 2.05 bits per heavy atom. The van der Waals surface area contributed by atoms with Gasteiger partial charge in [-0.3, -0.25) is 10.1 Å². The van der Waals surface area contributed by atoms with Crippen molar-refractivity contribution in [2.75, 3.05) is 7.11 Å². The third kappa shape index (κ3) is 3.86. The lowest BCUT2D eigenvalue weighted by molar-refractivity contribution is -0.384. The number of benzene rings is 2. The molecule has 0 fully saturated rings. The van der Waals surface area contributed by atoms with Gasteiger partial charge < -0.3 is 14.6 Å². The Morgan fingerprint density at radius 1 is 1.27 bits per heavy atom. The predicted molar refractivity (Wildman–Crippen MR) is 89.1 cm³/mol. The maximum Gasteiger partial charge on any atom is 0.269 e. The summed E-state index contributed by atoms with van der Waals surface area (Å²) in [4.78, 5) is 10.3. The van der Waals surface area contributed by atoms with E-state index >= 15 is 0 Å². The lowest BCUT2D eigenvalue weighted by Crippen LogP contribution is -2.01. The zero-order chi connectivity index (χ0) is 16.1. The molecule has 116 valence electrons. The third-order valence-electron chi connectivity index (χ3n) is 2.98. The number of halogens is 1. The normalized spacial score (nSPS) is 10.3. The molecule has 2 aromatic rings. The van der Waals surface area contributed by atoms with Crippen molar-refractivity contribution in [1.29, 1.82) is 0 Å². The Balaban J connectivity index is 2.21. The molecule has 0 saturated carbocycles. The smallest absolute Gasteiger partial charge is 0.269 e. The molecule has 1 N–H and O–H groups in total. The van der Waals surface area contributed by atoms with Gasteiger partial charge in [0.15, 0.2) is 11.5 Å². The Hall–Kier alpha value is -1.87. The summed E-state index contributed by atoms with van der Waals surface area (Å²) >= 11 is 2.09. The maximum atomic E-state index is 10.8. The molecule has 0 spiro atoms. The molecular formula is C15H14INO5. The Morgan fingerprint density at radius 3 is 2.68 bits per heavy atom. The second-order valence-corrected chi connectivity index (χ2v) is 5.65. The number of nitro benzene ring substituents is 1. The minimum absolute atomic E-state index is 0.0263. The van der Waals surface area contributed by atoms with Gasteiger partial charge in [0.1, 0.15) is 6.61 Å². The summed E-state index contributed by atoms with van der Waals surface area (Å²) in [6.45, 7) is 0.101. The molecule has 2 rings (SSSR count).